The van der Waals surface area contributed by atoms with Crippen LogP contribution >= 0.6 is 11.6 Å². The van der Waals surface area contributed by atoms with Crippen molar-refractivity contribution in [2.24, 2.45) is 0 Å². The van der Waals surface area contributed by atoms with Gasteiger partial charge in [0.1, 0.15) is 0 Å². The molecule has 5 nitrogen and oxygen atoms in total. The molecular weight excluding hydrogens is 502 g/mol. The molecule has 1 aliphatic rings. The summed E-state index contributed by atoms with van der Waals surface area (Å²) in [4.78, 5) is 3.30. The maximum Gasteiger partial charge on any atom is 0.0795 e. The van der Waals surface area contributed by atoms with Crippen LogP contribution in [0.2, 0.25) is 5.02 Å². The summed E-state index contributed by atoms with van der Waals surface area (Å²) in [6.07, 6.45) is 4.87. The van der Waals surface area contributed by atoms with Crippen molar-refractivity contribution in [2.45, 2.75) is 39.7 Å². The molecule has 5 aromatic rings. The van der Waals surface area contributed by atoms with Crippen LogP contribution in [0.5, 0.6) is 0 Å². The number of para-hydroxylation sites is 2. The van der Waals surface area contributed by atoms with Gasteiger partial charge in [0.25, 0.3) is 0 Å². The number of benzene rings is 3. The summed E-state index contributed by atoms with van der Waals surface area (Å²) in [5, 5.41) is 13.6. The highest BCUT2D eigenvalue weighted by molar-refractivity contribution is 6.35. The zero-order valence-corrected chi connectivity index (χ0v) is 23.9. The van der Waals surface area contributed by atoms with Crippen LogP contribution in [0.25, 0.3) is 27.8 Å². The van der Waals surface area contributed by atoms with E-state index in [9.17, 15) is 0 Å². The van der Waals surface area contributed by atoms with E-state index in [2.05, 4.69) is 77.6 Å². The van der Waals surface area contributed by atoms with Crippen molar-refractivity contribution in [3.05, 3.63) is 113 Å². The summed E-state index contributed by atoms with van der Waals surface area (Å²) in [5.41, 5.74) is 10.9. The van der Waals surface area contributed by atoms with Gasteiger partial charge < -0.3 is 15.6 Å². The average Bonchev–Trinajstić information content (AvgIpc) is 3.65. The van der Waals surface area contributed by atoms with E-state index < -0.39 is 0 Å². The first-order valence-corrected chi connectivity index (χ1v) is 13.9. The molecule has 0 saturated carbocycles. The second-order valence-corrected chi connectivity index (χ2v) is 9.63. The Bertz CT molecular complexity index is 1490. The number of aryl methyl sites for hydroxylation is 2. The van der Waals surface area contributed by atoms with Crippen LogP contribution in [0, 0.1) is 0 Å². The average molecular weight is 540 g/mol. The summed E-state index contributed by atoms with van der Waals surface area (Å²) in [7, 11) is 1.91. The Labute approximate surface area is 236 Å². The molecule has 1 aliphatic heterocycles. The Morgan fingerprint density at radius 3 is 2.31 bits per heavy atom. The monoisotopic (exact) mass is 539 g/mol. The van der Waals surface area contributed by atoms with Crippen LogP contribution in [-0.4, -0.2) is 28.4 Å². The van der Waals surface area contributed by atoms with Gasteiger partial charge in [-0.2, -0.15) is 5.10 Å². The number of aromatic amines is 1. The molecule has 3 heterocycles. The summed E-state index contributed by atoms with van der Waals surface area (Å²) in [6.45, 7) is 12.2. The number of H-pyrrole nitrogens is 1. The van der Waals surface area contributed by atoms with E-state index in [0.717, 1.165) is 54.0 Å². The fourth-order valence-electron chi connectivity index (χ4n) is 5.16. The third-order valence-corrected chi connectivity index (χ3v) is 7.39. The molecule has 0 amide bonds. The van der Waals surface area contributed by atoms with Crippen LogP contribution in [0.1, 0.15) is 36.2 Å². The molecule has 0 fully saturated rings. The van der Waals surface area contributed by atoms with Gasteiger partial charge in [-0.25, -0.2) is 4.68 Å². The molecule has 0 bridgehead atoms. The second-order valence-electron chi connectivity index (χ2n) is 9.22. The van der Waals surface area contributed by atoms with Crippen molar-refractivity contribution in [1.82, 2.24) is 20.1 Å². The van der Waals surface area contributed by atoms with Gasteiger partial charge in [-0.05, 0) is 48.2 Å². The van der Waals surface area contributed by atoms with E-state index in [1.165, 1.54) is 39.3 Å². The largest absolute Gasteiger partial charge is 0.388 e. The molecule has 0 saturated heterocycles. The second kappa shape index (κ2) is 13.3. The molecule has 0 unspecified atom stereocenters. The van der Waals surface area contributed by atoms with Crippen molar-refractivity contribution in [2.75, 3.05) is 18.9 Å². The van der Waals surface area contributed by atoms with Crippen molar-refractivity contribution < 1.29 is 0 Å². The molecule has 6 rings (SSSR count). The minimum atomic E-state index is 0.745. The fourth-order valence-corrected chi connectivity index (χ4v) is 5.38. The van der Waals surface area contributed by atoms with E-state index >= 15 is 0 Å². The zero-order valence-electron chi connectivity index (χ0n) is 23.2. The maximum absolute atomic E-state index is 6.46. The van der Waals surface area contributed by atoms with Crippen molar-refractivity contribution in [3.63, 3.8) is 0 Å². The third-order valence-electron chi connectivity index (χ3n) is 7.07. The third kappa shape index (κ3) is 5.80. The Morgan fingerprint density at radius 2 is 1.67 bits per heavy atom. The number of rotatable bonds is 5. The van der Waals surface area contributed by atoms with Gasteiger partial charge in [0.05, 0.1) is 27.6 Å². The Hall–Kier alpha value is -3.80. The minimum absolute atomic E-state index is 0.745. The molecule has 202 valence electrons. The van der Waals surface area contributed by atoms with E-state index in [1.54, 1.807) is 0 Å². The number of halogens is 1. The minimum Gasteiger partial charge on any atom is -0.388 e. The molecule has 0 atom stereocenters. The normalized spacial score (nSPS) is 12.1. The first-order valence-electron chi connectivity index (χ1n) is 13.6. The lowest BCUT2D eigenvalue weighted by Crippen LogP contribution is -2.23. The Balaban J connectivity index is 0.000000301. The van der Waals surface area contributed by atoms with Crippen LogP contribution in [0.3, 0.4) is 0 Å². The van der Waals surface area contributed by atoms with Crippen LogP contribution < -0.4 is 10.6 Å². The number of hydrogen-bond donors (Lipinski definition) is 3. The van der Waals surface area contributed by atoms with E-state index in [1.807, 2.05) is 49.6 Å². The predicted octanol–water partition coefficient (Wildman–Crippen LogP) is 7.98. The van der Waals surface area contributed by atoms with Crippen LogP contribution in [0.4, 0.5) is 5.69 Å². The zero-order chi connectivity index (χ0) is 27.8. The van der Waals surface area contributed by atoms with Crippen molar-refractivity contribution in [1.29, 1.82) is 0 Å². The van der Waals surface area contributed by atoms with Crippen molar-refractivity contribution >= 4 is 28.2 Å². The van der Waals surface area contributed by atoms with Gasteiger partial charge in [-0.1, -0.05) is 67.9 Å². The molecule has 0 aliphatic carbocycles. The molecule has 3 aromatic carbocycles. The highest BCUT2D eigenvalue weighted by Gasteiger charge is 2.26. The SMILES string of the molecule is C=C.CCc1cccc(CC)c1-n1nc2c(c1-c1ccc(Cl)c3[nH]ccc13)CNCC2.CNc1ccccc1. The van der Waals surface area contributed by atoms with Gasteiger partial charge in [0.2, 0.25) is 0 Å². The summed E-state index contributed by atoms with van der Waals surface area (Å²) in [5.74, 6) is 0. The van der Waals surface area contributed by atoms with Crippen molar-refractivity contribution in [3.8, 4) is 16.9 Å². The van der Waals surface area contributed by atoms with E-state index in [-0.39, 0.29) is 0 Å². The quantitative estimate of drug-likeness (QED) is 0.198. The van der Waals surface area contributed by atoms with Gasteiger partial charge in [-0.3, -0.25) is 0 Å². The van der Waals surface area contributed by atoms with Crippen LogP contribution in [0.15, 0.2) is 86.1 Å². The maximum atomic E-state index is 6.46. The Kier molecular flexibility index (Phi) is 9.64. The number of anilines is 1. The number of nitrogens with zero attached hydrogens (tertiary/aromatic N) is 2. The number of hydrogen-bond acceptors (Lipinski definition) is 3. The summed E-state index contributed by atoms with van der Waals surface area (Å²) < 4.78 is 2.21. The van der Waals surface area contributed by atoms with Gasteiger partial charge in [0.15, 0.2) is 0 Å². The lowest BCUT2D eigenvalue weighted by molar-refractivity contribution is 0.635. The first-order chi connectivity index (χ1) is 19.2. The smallest absolute Gasteiger partial charge is 0.0795 e. The predicted molar refractivity (Wildman–Crippen MR) is 167 cm³/mol. The molecule has 0 radical (unpaired) electrons. The summed E-state index contributed by atoms with van der Waals surface area (Å²) >= 11 is 6.46. The standard InChI is InChI=1S/C24H25ClN4.C7H9N.C2H4/c1-3-15-6-5-7-16(4-2)23(15)29-24(19-14-26-12-11-21(19)28-29)18-8-9-20(25)22-17(18)10-13-27-22;1-8-7-5-3-2-4-6-7;1-2/h5-10,13,26-27H,3-4,11-12,14H2,1-2H3;2-6,8H,1H3;1-2H2. The number of fused-ring (bicyclic) bond motifs is 2. The van der Waals surface area contributed by atoms with Crippen LogP contribution in [-0.2, 0) is 25.8 Å². The summed E-state index contributed by atoms with van der Waals surface area (Å²) in [6, 6.07) is 22.9. The van der Waals surface area contributed by atoms with E-state index in [4.69, 9.17) is 16.7 Å². The molecule has 3 N–H and O–H groups in total. The van der Waals surface area contributed by atoms with E-state index in [0.29, 0.717) is 0 Å². The molecular formula is C33H38ClN5. The highest BCUT2D eigenvalue weighted by Crippen LogP contribution is 2.38. The molecule has 39 heavy (non-hydrogen) atoms. The van der Waals surface area contributed by atoms with Gasteiger partial charge >= 0.3 is 0 Å². The lowest BCUT2D eigenvalue weighted by atomic mass is 9.98. The molecule has 6 heteroatoms. The van der Waals surface area contributed by atoms with Gasteiger partial charge in [0, 0.05) is 55.0 Å². The lowest BCUT2D eigenvalue weighted by Gasteiger charge is -2.18. The first kappa shape index (κ1) is 28.2. The van der Waals surface area contributed by atoms with Gasteiger partial charge in [-0.15, -0.1) is 13.2 Å². The number of aromatic nitrogens is 3. The molecule has 0 spiro atoms. The fraction of sp³-hybridized carbons (Fsp3) is 0.242. The number of nitrogens with one attached hydrogen (secondary N) is 3. The molecule has 2 aromatic heterocycles. The highest BCUT2D eigenvalue weighted by atomic mass is 35.5. The Morgan fingerprint density at radius 1 is 0.949 bits per heavy atom. The topological polar surface area (TPSA) is 57.7 Å².